The van der Waals surface area contributed by atoms with Gasteiger partial charge < -0.3 is 4.74 Å². The molecule has 50 valence electrons. The summed E-state index contributed by atoms with van der Waals surface area (Å²) in [5.41, 5.74) is 1.81. The third-order valence-corrected chi connectivity index (χ3v) is 1.69. The van der Waals surface area contributed by atoms with Crippen LogP contribution in [-0.4, -0.2) is 11.6 Å². The zero-order valence-electron chi connectivity index (χ0n) is 5.33. The van der Waals surface area contributed by atoms with Crippen LogP contribution in [0.25, 0.3) is 0 Å². The van der Waals surface area contributed by atoms with E-state index in [1.807, 2.05) is 18.6 Å². The normalized spacial score (nSPS) is 9.89. The maximum atomic E-state index is 5.15. The average Bonchev–Trinajstić information content (AvgIpc) is 2.34. The van der Waals surface area contributed by atoms with Crippen molar-refractivity contribution in [3.05, 3.63) is 16.6 Å². The van der Waals surface area contributed by atoms with E-state index in [0.717, 1.165) is 6.61 Å². The Morgan fingerprint density at radius 3 is 3.22 bits per heavy atom. The molecule has 0 radical (unpaired) electrons. The number of hydrogen-bond donors (Lipinski definition) is 0. The predicted octanol–water partition coefficient (Wildman–Crippen LogP) is 1.68. The summed E-state index contributed by atoms with van der Waals surface area (Å²) in [4.78, 5) is 5.11. The number of thiazole rings is 1. The Bertz CT molecular complexity index is 150. The maximum absolute atomic E-state index is 5.15. The van der Waals surface area contributed by atoms with Gasteiger partial charge in [-0.1, -0.05) is 0 Å². The molecule has 0 amide bonds. The Hall–Kier alpha value is -0.410. The molecule has 0 bridgehead atoms. The highest BCUT2D eigenvalue weighted by Crippen LogP contribution is 2.05. The summed E-state index contributed by atoms with van der Waals surface area (Å²) >= 11 is 1.63. The molecule has 1 heterocycles. The van der Waals surface area contributed by atoms with Gasteiger partial charge in [-0.3, -0.25) is 4.98 Å². The molecule has 0 saturated carbocycles. The van der Waals surface area contributed by atoms with Crippen LogP contribution >= 0.6 is 11.3 Å². The van der Waals surface area contributed by atoms with Crippen LogP contribution in [0, 0.1) is 0 Å². The van der Waals surface area contributed by atoms with Gasteiger partial charge in [-0.25, -0.2) is 0 Å². The highest BCUT2D eigenvalue weighted by molar-refractivity contribution is 7.09. The van der Waals surface area contributed by atoms with Crippen LogP contribution in [0.5, 0.6) is 0 Å². The zero-order chi connectivity index (χ0) is 6.53. The fraction of sp³-hybridized carbons (Fsp3) is 0.500. The number of nitrogens with zero attached hydrogens (tertiary/aromatic N) is 1. The van der Waals surface area contributed by atoms with Gasteiger partial charge in [-0.2, -0.15) is 0 Å². The van der Waals surface area contributed by atoms with E-state index in [0.29, 0.717) is 6.61 Å². The standard InChI is InChI=1S/C6H9NOS/c1-2-8-4-6-3-7-5-9-6/h3,5H,2,4H2,1H3. The second kappa shape index (κ2) is 3.58. The number of hydrogen-bond acceptors (Lipinski definition) is 3. The first kappa shape index (κ1) is 6.71. The van der Waals surface area contributed by atoms with Crippen LogP contribution < -0.4 is 0 Å². The minimum atomic E-state index is 0.709. The summed E-state index contributed by atoms with van der Waals surface area (Å²) in [6.07, 6.45) is 1.83. The number of aromatic nitrogens is 1. The topological polar surface area (TPSA) is 22.1 Å². The molecule has 0 aromatic carbocycles. The Balaban J connectivity index is 2.30. The van der Waals surface area contributed by atoms with Gasteiger partial charge in [-0.05, 0) is 6.92 Å². The molecule has 0 aliphatic carbocycles. The van der Waals surface area contributed by atoms with Crippen molar-refractivity contribution < 1.29 is 4.74 Å². The summed E-state index contributed by atoms with van der Waals surface area (Å²) in [6, 6.07) is 0. The van der Waals surface area contributed by atoms with Crippen molar-refractivity contribution in [2.45, 2.75) is 13.5 Å². The fourth-order valence-electron chi connectivity index (χ4n) is 0.516. The number of ether oxygens (including phenoxy) is 1. The van der Waals surface area contributed by atoms with Crippen molar-refractivity contribution in [2.24, 2.45) is 0 Å². The summed E-state index contributed by atoms with van der Waals surface area (Å²) in [5.74, 6) is 0. The zero-order valence-corrected chi connectivity index (χ0v) is 6.15. The molecule has 2 nitrogen and oxygen atoms in total. The molecule has 0 spiro atoms. The molecule has 0 aliphatic rings. The van der Waals surface area contributed by atoms with Crippen LogP contribution in [-0.2, 0) is 11.3 Å². The van der Waals surface area contributed by atoms with Gasteiger partial charge in [-0.15, -0.1) is 11.3 Å². The molecule has 1 aromatic rings. The average molecular weight is 143 g/mol. The Morgan fingerprint density at radius 1 is 1.78 bits per heavy atom. The molecule has 3 heteroatoms. The summed E-state index contributed by atoms with van der Waals surface area (Å²) in [5, 5.41) is 0. The molecule has 0 unspecified atom stereocenters. The van der Waals surface area contributed by atoms with Crippen LogP contribution in [0.1, 0.15) is 11.8 Å². The first-order chi connectivity index (χ1) is 4.43. The van der Waals surface area contributed by atoms with Crippen molar-refractivity contribution in [1.29, 1.82) is 0 Å². The Kier molecular flexibility index (Phi) is 2.67. The maximum Gasteiger partial charge on any atom is 0.0825 e. The highest BCUT2D eigenvalue weighted by Gasteiger charge is 1.90. The lowest BCUT2D eigenvalue weighted by Gasteiger charge is -1.93. The molecular weight excluding hydrogens is 134 g/mol. The molecule has 1 aromatic heterocycles. The molecule has 1 rings (SSSR count). The van der Waals surface area contributed by atoms with E-state index in [4.69, 9.17) is 4.74 Å². The second-order valence-electron chi connectivity index (χ2n) is 1.60. The van der Waals surface area contributed by atoms with E-state index in [1.165, 1.54) is 4.88 Å². The van der Waals surface area contributed by atoms with Crippen molar-refractivity contribution in [3.63, 3.8) is 0 Å². The van der Waals surface area contributed by atoms with Gasteiger partial charge in [0.2, 0.25) is 0 Å². The fourth-order valence-corrected chi connectivity index (χ4v) is 1.05. The lowest BCUT2D eigenvalue weighted by atomic mass is 10.6. The van der Waals surface area contributed by atoms with Gasteiger partial charge in [0.25, 0.3) is 0 Å². The largest absolute Gasteiger partial charge is 0.376 e. The number of rotatable bonds is 3. The van der Waals surface area contributed by atoms with Crippen molar-refractivity contribution in [1.82, 2.24) is 4.98 Å². The Labute approximate surface area is 58.5 Å². The van der Waals surface area contributed by atoms with Gasteiger partial charge in [0, 0.05) is 12.8 Å². The lowest BCUT2D eigenvalue weighted by molar-refractivity contribution is 0.136. The monoisotopic (exact) mass is 143 g/mol. The molecule has 0 aliphatic heterocycles. The smallest absolute Gasteiger partial charge is 0.0825 e. The highest BCUT2D eigenvalue weighted by atomic mass is 32.1. The molecular formula is C6H9NOS. The van der Waals surface area contributed by atoms with Crippen molar-refractivity contribution in [2.75, 3.05) is 6.61 Å². The van der Waals surface area contributed by atoms with Crippen molar-refractivity contribution in [3.8, 4) is 0 Å². The van der Waals surface area contributed by atoms with E-state index >= 15 is 0 Å². The van der Waals surface area contributed by atoms with E-state index in [1.54, 1.807) is 11.3 Å². The summed E-state index contributed by atoms with van der Waals surface area (Å²) < 4.78 is 5.15. The first-order valence-electron chi connectivity index (χ1n) is 2.88. The Morgan fingerprint density at radius 2 is 2.67 bits per heavy atom. The second-order valence-corrected chi connectivity index (χ2v) is 2.58. The van der Waals surface area contributed by atoms with Gasteiger partial charge >= 0.3 is 0 Å². The molecule has 9 heavy (non-hydrogen) atoms. The van der Waals surface area contributed by atoms with Crippen LogP contribution in [0.4, 0.5) is 0 Å². The summed E-state index contributed by atoms with van der Waals surface area (Å²) in [7, 11) is 0. The molecule has 0 atom stereocenters. The SMILES string of the molecule is CCOCc1cncs1. The van der Waals surface area contributed by atoms with Gasteiger partial charge in [0.05, 0.1) is 17.0 Å². The minimum Gasteiger partial charge on any atom is -0.376 e. The van der Waals surface area contributed by atoms with Crippen LogP contribution in [0.3, 0.4) is 0 Å². The van der Waals surface area contributed by atoms with E-state index < -0.39 is 0 Å². The first-order valence-corrected chi connectivity index (χ1v) is 3.76. The third-order valence-electron chi connectivity index (χ3n) is 0.932. The van der Waals surface area contributed by atoms with Gasteiger partial charge in [0.15, 0.2) is 0 Å². The van der Waals surface area contributed by atoms with E-state index in [-0.39, 0.29) is 0 Å². The quantitative estimate of drug-likeness (QED) is 0.642. The van der Waals surface area contributed by atoms with Crippen LogP contribution in [0.15, 0.2) is 11.7 Å². The van der Waals surface area contributed by atoms with E-state index in [9.17, 15) is 0 Å². The van der Waals surface area contributed by atoms with Crippen LogP contribution in [0.2, 0.25) is 0 Å². The summed E-state index contributed by atoms with van der Waals surface area (Å²) in [6.45, 7) is 3.47. The molecule has 0 N–H and O–H groups in total. The molecule has 0 saturated heterocycles. The lowest BCUT2D eigenvalue weighted by Crippen LogP contribution is -1.87. The van der Waals surface area contributed by atoms with Gasteiger partial charge in [0.1, 0.15) is 0 Å². The predicted molar refractivity (Wildman–Crippen MR) is 37.4 cm³/mol. The van der Waals surface area contributed by atoms with E-state index in [2.05, 4.69) is 4.98 Å². The van der Waals surface area contributed by atoms with Crippen molar-refractivity contribution >= 4 is 11.3 Å². The minimum absolute atomic E-state index is 0.709. The molecule has 0 fully saturated rings. The third kappa shape index (κ3) is 2.11.